The first kappa shape index (κ1) is 21.1. The van der Waals surface area contributed by atoms with Gasteiger partial charge in [0.2, 0.25) is 0 Å². The van der Waals surface area contributed by atoms with Gasteiger partial charge in [0.25, 0.3) is 0 Å². The molecule has 4 nitrogen and oxygen atoms in total. The summed E-state index contributed by atoms with van der Waals surface area (Å²) in [5.74, 6) is 0.0528. The molecule has 0 N–H and O–H groups in total. The van der Waals surface area contributed by atoms with Gasteiger partial charge in [-0.1, -0.05) is 40.3 Å². The fourth-order valence-electron chi connectivity index (χ4n) is 4.42. The molecule has 0 amide bonds. The number of carbonyl (C=O) groups is 1. The molecule has 0 radical (unpaired) electrons. The number of fused-ring (bicyclic) bond motifs is 1. The number of rotatable bonds is 9. The van der Waals surface area contributed by atoms with Gasteiger partial charge in [0.1, 0.15) is 0 Å². The minimum Gasteiger partial charge on any atom is -0.465 e. The van der Waals surface area contributed by atoms with Crippen LogP contribution in [0.5, 0.6) is 0 Å². The van der Waals surface area contributed by atoms with E-state index < -0.39 is 17.8 Å². The van der Waals surface area contributed by atoms with E-state index in [1.165, 1.54) is 6.04 Å². The topological polar surface area (TPSA) is 48.1 Å². The molecular formula is C19H38O4Si2. The molecule has 1 aliphatic heterocycles. The predicted molar refractivity (Wildman–Crippen MR) is 108 cm³/mol. The number of hydrogen-bond acceptors (Lipinski definition) is 4. The van der Waals surface area contributed by atoms with Crippen LogP contribution in [0.25, 0.3) is 0 Å². The zero-order chi connectivity index (χ0) is 18.7. The van der Waals surface area contributed by atoms with Gasteiger partial charge in [-0.05, 0) is 42.8 Å². The standard InChI is InChI=1S/C19H38O4Si2/c1-7-22-24-11-9-10-21-18(20)14-12-15-17(23-15)16(13-14)25(6,8-2)19(3,4)5/h14-17H,7-13,24H2,1-6H3. The maximum Gasteiger partial charge on any atom is 0.309 e. The van der Waals surface area contributed by atoms with E-state index in [4.69, 9.17) is 13.9 Å². The highest BCUT2D eigenvalue weighted by atomic mass is 28.3. The lowest BCUT2D eigenvalue weighted by molar-refractivity contribution is -0.149. The Hall–Kier alpha value is -0.176. The SMILES string of the molecule is CCO[SiH2]CCCOC(=O)C1CC2OC2C([Si](C)(CC)C(C)(C)C)C1. The lowest BCUT2D eigenvalue weighted by Gasteiger charge is -2.47. The highest BCUT2D eigenvalue weighted by Gasteiger charge is 2.60. The lowest BCUT2D eigenvalue weighted by atomic mass is 9.89. The van der Waals surface area contributed by atoms with Crippen molar-refractivity contribution in [2.24, 2.45) is 5.92 Å². The smallest absolute Gasteiger partial charge is 0.309 e. The minimum absolute atomic E-state index is 0.0124. The summed E-state index contributed by atoms with van der Waals surface area (Å²) in [7, 11) is -1.94. The molecule has 1 heterocycles. The summed E-state index contributed by atoms with van der Waals surface area (Å²) >= 11 is 0. The Kier molecular flexibility index (Phi) is 7.33. The van der Waals surface area contributed by atoms with Crippen LogP contribution in [0.1, 0.15) is 53.9 Å². The zero-order valence-electron chi connectivity index (χ0n) is 17.1. The minimum atomic E-state index is -1.53. The first-order chi connectivity index (χ1) is 11.7. The van der Waals surface area contributed by atoms with Crippen LogP contribution >= 0.6 is 0 Å². The molecule has 25 heavy (non-hydrogen) atoms. The summed E-state index contributed by atoms with van der Waals surface area (Å²) in [4.78, 5) is 12.6. The van der Waals surface area contributed by atoms with Gasteiger partial charge in [-0.2, -0.15) is 0 Å². The molecule has 0 aromatic heterocycles. The Bertz CT molecular complexity index is 451. The Morgan fingerprint density at radius 2 is 2.00 bits per heavy atom. The normalized spacial score (nSPS) is 31.6. The quantitative estimate of drug-likeness (QED) is 0.261. The summed E-state index contributed by atoms with van der Waals surface area (Å²) in [5.41, 5.74) is 0.583. The lowest BCUT2D eigenvalue weighted by Crippen LogP contribution is -2.49. The molecule has 1 saturated carbocycles. The van der Waals surface area contributed by atoms with E-state index in [0.29, 0.717) is 29.4 Å². The zero-order valence-corrected chi connectivity index (χ0v) is 19.5. The maximum atomic E-state index is 12.6. The van der Waals surface area contributed by atoms with Crippen molar-refractivity contribution >= 4 is 23.8 Å². The van der Waals surface area contributed by atoms with E-state index in [2.05, 4.69) is 34.2 Å². The van der Waals surface area contributed by atoms with E-state index in [1.54, 1.807) is 0 Å². The number of ether oxygens (including phenoxy) is 2. The molecule has 0 aromatic carbocycles. The van der Waals surface area contributed by atoms with Crippen LogP contribution in [-0.4, -0.2) is 49.2 Å². The van der Waals surface area contributed by atoms with Gasteiger partial charge in [0, 0.05) is 6.61 Å². The summed E-state index contributed by atoms with van der Waals surface area (Å²) in [6, 6.07) is 2.34. The molecule has 2 rings (SSSR count). The van der Waals surface area contributed by atoms with Gasteiger partial charge in [-0.15, -0.1) is 0 Å². The van der Waals surface area contributed by atoms with E-state index >= 15 is 0 Å². The second kappa shape index (κ2) is 8.67. The van der Waals surface area contributed by atoms with Gasteiger partial charge in [0.05, 0.1) is 32.8 Å². The number of carbonyl (C=O) groups excluding carboxylic acids is 1. The van der Waals surface area contributed by atoms with Crippen LogP contribution in [0.3, 0.4) is 0 Å². The van der Waals surface area contributed by atoms with Crippen molar-refractivity contribution < 1.29 is 18.7 Å². The molecule has 0 spiro atoms. The number of epoxide rings is 1. The predicted octanol–water partition coefficient (Wildman–Crippen LogP) is 3.90. The van der Waals surface area contributed by atoms with Crippen molar-refractivity contribution in [1.29, 1.82) is 0 Å². The summed E-state index contributed by atoms with van der Waals surface area (Å²) in [6.07, 6.45) is 3.51. The molecule has 5 atom stereocenters. The summed E-state index contributed by atoms with van der Waals surface area (Å²) < 4.78 is 17.1. The first-order valence-electron chi connectivity index (χ1n) is 10.1. The van der Waals surface area contributed by atoms with E-state index in [9.17, 15) is 4.79 Å². The van der Waals surface area contributed by atoms with Gasteiger partial charge in [-0.3, -0.25) is 4.79 Å². The highest BCUT2D eigenvalue weighted by Crippen LogP contribution is 2.58. The van der Waals surface area contributed by atoms with Gasteiger partial charge in [-0.25, -0.2) is 0 Å². The van der Waals surface area contributed by atoms with Crippen molar-refractivity contribution in [3.05, 3.63) is 0 Å². The van der Waals surface area contributed by atoms with Crippen LogP contribution in [0, 0.1) is 5.92 Å². The Labute approximate surface area is 157 Å². The first-order valence-corrected chi connectivity index (χ1v) is 14.5. The van der Waals surface area contributed by atoms with Gasteiger partial charge < -0.3 is 13.9 Å². The van der Waals surface area contributed by atoms with E-state index in [-0.39, 0.29) is 11.9 Å². The van der Waals surface area contributed by atoms with Crippen LogP contribution in [0.4, 0.5) is 0 Å². The second-order valence-electron chi connectivity index (χ2n) is 9.01. The van der Waals surface area contributed by atoms with E-state index in [1.807, 2.05) is 6.92 Å². The Balaban J connectivity index is 1.88. The van der Waals surface area contributed by atoms with Crippen LogP contribution < -0.4 is 0 Å². The molecule has 5 unspecified atom stereocenters. The fourth-order valence-corrected chi connectivity index (χ4v) is 9.84. The third-order valence-corrected chi connectivity index (χ3v) is 15.4. The van der Waals surface area contributed by atoms with Gasteiger partial charge in [0.15, 0.2) is 9.76 Å². The fraction of sp³-hybridized carbons (Fsp3) is 0.947. The third kappa shape index (κ3) is 4.96. The molecule has 0 aromatic rings. The Morgan fingerprint density at radius 3 is 2.60 bits per heavy atom. The van der Waals surface area contributed by atoms with Crippen molar-refractivity contribution in [3.63, 3.8) is 0 Å². The van der Waals surface area contributed by atoms with Crippen molar-refractivity contribution in [2.45, 2.75) is 95.3 Å². The maximum absolute atomic E-state index is 12.6. The Morgan fingerprint density at radius 1 is 1.28 bits per heavy atom. The monoisotopic (exact) mass is 386 g/mol. The number of hydrogen-bond donors (Lipinski definition) is 0. The second-order valence-corrected chi connectivity index (χ2v) is 16.3. The summed E-state index contributed by atoms with van der Waals surface area (Å²) in [5, 5.41) is 0.332. The molecule has 146 valence electrons. The van der Waals surface area contributed by atoms with Gasteiger partial charge >= 0.3 is 5.97 Å². The molecule has 0 bridgehead atoms. The third-order valence-electron chi connectivity index (χ3n) is 6.80. The van der Waals surface area contributed by atoms with Crippen molar-refractivity contribution in [3.8, 4) is 0 Å². The number of esters is 1. The average molecular weight is 387 g/mol. The molecule has 6 heteroatoms. The molecule has 2 fully saturated rings. The molecule has 1 aliphatic carbocycles. The summed E-state index contributed by atoms with van der Waals surface area (Å²) in [6.45, 7) is 15.4. The van der Waals surface area contributed by atoms with Crippen molar-refractivity contribution in [2.75, 3.05) is 13.2 Å². The molecular weight excluding hydrogens is 348 g/mol. The highest BCUT2D eigenvalue weighted by molar-refractivity contribution is 6.82. The van der Waals surface area contributed by atoms with Crippen LogP contribution in [-0.2, 0) is 18.7 Å². The van der Waals surface area contributed by atoms with Crippen LogP contribution in [0.2, 0.25) is 29.2 Å². The molecule has 2 aliphatic rings. The molecule has 1 saturated heterocycles. The largest absolute Gasteiger partial charge is 0.465 e. The van der Waals surface area contributed by atoms with E-state index in [0.717, 1.165) is 31.9 Å². The van der Waals surface area contributed by atoms with Crippen LogP contribution in [0.15, 0.2) is 0 Å². The average Bonchev–Trinajstić information content (AvgIpc) is 3.34. The van der Waals surface area contributed by atoms with Crippen molar-refractivity contribution in [1.82, 2.24) is 0 Å².